The number of carboxylic acid groups (broad SMARTS) is 1. The molecule has 2 unspecified atom stereocenters. The number of nitrogens with one attached hydrogen (secondary N) is 1. The number of amides is 2. The van der Waals surface area contributed by atoms with Crippen LogP contribution in [-0.2, 0) is 4.79 Å². The smallest absolute Gasteiger partial charge is 0.317 e. The van der Waals surface area contributed by atoms with Crippen molar-refractivity contribution in [3.8, 4) is 0 Å². The van der Waals surface area contributed by atoms with Gasteiger partial charge in [-0.25, -0.2) is 4.79 Å². The summed E-state index contributed by atoms with van der Waals surface area (Å²) in [5, 5.41) is 12.0. The van der Waals surface area contributed by atoms with Crippen LogP contribution in [0.4, 0.5) is 4.79 Å². The fourth-order valence-corrected chi connectivity index (χ4v) is 2.98. The maximum Gasteiger partial charge on any atom is 0.317 e. The fourth-order valence-electron chi connectivity index (χ4n) is 2.98. The maximum atomic E-state index is 12.1. The predicted molar refractivity (Wildman–Crippen MR) is 67.2 cm³/mol. The molecule has 2 N–H and O–H groups in total. The second-order valence-electron chi connectivity index (χ2n) is 5.82. The Morgan fingerprint density at radius 2 is 1.89 bits per heavy atom. The van der Waals surface area contributed by atoms with E-state index in [0.717, 1.165) is 12.8 Å². The molecule has 0 bridgehead atoms. The molecular formula is C13H22N2O3. The van der Waals surface area contributed by atoms with Crippen LogP contribution in [0, 0.1) is 11.8 Å². The molecule has 2 aliphatic rings. The third-order valence-corrected chi connectivity index (χ3v) is 4.19. The number of piperidine rings is 1. The van der Waals surface area contributed by atoms with Crippen LogP contribution in [0.25, 0.3) is 0 Å². The summed E-state index contributed by atoms with van der Waals surface area (Å²) in [6, 6.07) is 0.303. The lowest BCUT2D eigenvalue weighted by atomic mass is 9.82. The van der Waals surface area contributed by atoms with Gasteiger partial charge in [-0.05, 0) is 38.5 Å². The van der Waals surface area contributed by atoms with Gasteiger partial charge in [-0.2, -0.15) is 0 Å². The molecule has 2 atom stereocenters. The molecule has 0 spiro atoms. The van der Waals surface area contributed by atoms with Crippen molar-refractivity contribution in [1.29, 1.82) is 0 Å². The lowest BCUT2D eigenvalue weighted by Gasteiger charge is -2.39. The van der Waals surface area contributed by atoms with Crippen molar-refractivity contribution in [1.82, 2.24) is 10.2 Å². The Hall–Kier alpha value is -1.26. The van der Waals surface area contributed by atoms with Crippen LogP contribution < -0.4 is 5.32 Å². The molecule has 0 aromatic rings. The summed E-state index contributed by atoms with van der Waals surface area (Å²) in [6.07, 6.45) is 3.25. The zero-order valence-corrected chi connectivity index (χ0v) is 11.1. The number of nitrogens with zero attached hydrogens (tertiary/aromatic N) is 1. The normalized spacial score (nSPS) is 35.8. The highest BCUT2D eigenvalue weighted by Gasteiger charge is 2.34. The standard InChI is InChI=1S/C13H22N2O3/c1-8-5-11(6-8)14-13(18)15-4-3-10(12(16)17)7-9(15)2/h8-11H,3-7H2,1-2H3,(H,14,18)(H,16,17). The van der Waals surface area contributed by atoms with Crippen molar-refractivity contribution in [2.45, 2.75) is 51.6 Å². The van der Waals surface area contributed by atoms with Gasteiger partial charge in [0.1, 0.15) is 0 Å². The number of likely N-dealkylation sites (tertiary alicyclic amines) is 1. The van der Waals surface area contributed by atoms with Gasteiger partial charge in [0.2, 0.25) is 0 Å². The number of carbonyl (C=O) groups is 2. The van der Waals surface area contributed by atoms with Gasteiger partial charge in [0.15, 0.2) is 0 Å². The van der Waals surface area contributed by atoms with E-state index in [1.807, 2.05) is 6.92 Å². The first-order chi connectivity index (χ1) is 8.47. The van der Waals surface area contributed by atoms with Crippen LogP contribution >= 0.6 is 0 Å². The summed E-state index contributed by atoms with van der Waals surface area (Å²) < 4.78 is 0. The van der Waals surface area contributed by atoms with Crippen LogP contribution in [-0.4, -0.2) is 40.6 Å². The van der Waals surface area contributed by atoms with Gasteiger partial charge >= 0.3 is 12.0 Å². The molecule has 0 radical (unpaired) electrons. The van der Waals surface area contributed by atoms with Gasteiger partial charge in [-0.15, -0.1) is 0 Å². The Balaban J connectivity index is 1.82. The van der Waals surface area contributed by atoms with Crippen molar-refractivity contribution >= 4 is 12.0 Å². The minimum absolute atomic E-state index is 0.0114. The first-order valence-corrected chi connectivity index (χ1v) is 6.77. The Kier molecular flexibility index (Phi) is 3.78. The highest BCUT2D eigenvalue weighted by Crippen LogP contribution is 2.27. The van der Waals surface area contributed by atoms with Crippen LogP contribution in [0.5, 0.6) is 0 Å². The summed E-state index contributed by atoms with van der Waals surface area (Å²) in [5.74, 6) is -0.326. The van der Waals surface area contributed by atoms with Crippen LogP contribution in [0.3, 0.4) is 0 Å². The quantitative estimate of drug-likeness (QED) is 0.787. The van der Waals surface area contributed by atoms with Crippen molar-refractivity contribution in [3.63, 3.8) is 0 Å². The maximum absolute atomic E-state index is 12.1. The molecule has 1 heterocycles. The average Bonchev–Trinajstić information content (AvgIpc) is 2.26. The van der Waals surface area contributed by atoms with Crippen molar-refractivity contribution in [3.05, 3.63) is 0 Å². The third kappa shape index (κ3) is 2.76. The van der Waals surface area contributed by atoms with Crippen LogP contribution in [0.15, 0.2) is 0 Å². The number of urea groups is 1. The van der Waals surface area contributed by atoms with Crippen LogP contribution in [0.1, 0.15) is 39.5 Å². The van der Waals surface area contributed by atoms with Gasteiger partial charge in [-0.1, -0.05) is 6.92 Å². The number of hydrogen-bond acceptors (Lipinski definition) is 2. The average molecular weight is 254 g/mol. The minimum atomic E-state index is -0.741. The Morgan fingerprint density at radius 3 is 2.39 bits per heavy atom. The van der Waals surface area contributed by atoms with Gasteiger partial charge in [0.05, 0.1) is 5.92 Å². The largest absolute Gasteiger partial charge is 0.481 e. The zero-order chi connectivity index (χ0) is 13.3. The molecule has 5 heteroatoms. The molecule has 1 saturated heterocycles. The highest BCUT2D eigenvalue weighted by atomic mass is 16.4. The number of hydrogen-bond donors (Lipinski definition) is 2. The van der Waals surface area contributed by atoms with Crippen molar-refractivity contribution in [2.75, 3.05) is 6.54 Å². The summed E-state index contributed by atoms with van der Waals surface area (Å²) in [5.41, 5.74) is 0. The van der Waals surface area contributed by atoms with E-state index in [1.165, 1.54) is 0 Å². The summed E-state index contributed by atoms with van der Waals surface area (Å²) in [6.45, 7) is 4.66. The minimum Gasteiger partial charge on any atom is -0.481 e. The molecule has 18 heavy (non-hydrogen) atoms. The lowest BCUT2D eigenvalue weighted by molar-refractivity contribution is -0.143. The monoisotopic (exact) mass is 254 g/mol. The molecule has 5 nitrogen and oxygen atoms in total. The summed E-state index contributed by atoms with van der Waals surface area (Å²) >= 11 is 0. The summed E-state index contributed by atoms with van der Waals surface area (Å²) in [7, 11) is 0. The molecule has 0 aromatic heterocycles. The van der Waals surface area contributed by atoms with Gasteiger partial charge in [0, 0.05) is 18.6 Å². The van der Waals surface area contributed by atoms with E-state index in [9.17, 15) is 9.59 Å². The van der Waals surface area contributed by atoms with Crippen LogP contribution in [0.2, 0.25) is 0 Å². The van der Waals surface area contributed by atoms with E-state index in [0.29, 0.717) is 31.3 Å². The molecular weight excluding hydrogens is 232 g/mol. The topological polar surface area (TPSA) is 69.6 Å². The van der Waals surface area contributed by atoms with Gasteiger partial charge < -0.3 is 15.3 Å². The first-order valence-electron chi connectivity index (χ1n) is 6.77. The molecule has 102 valence electrons. The molecule has 1 aliphatic carbocycles. The zero-order valence-electron chi connectivity index (χ0n) is 11.1. The SMILES string of the molecule is CC1CC(NC(=O)N2CCC(C(=O)O)CC2C)C1. The highest BCUT2D eigenvalue weighted by molar-refractivity contribution is 5.76. The van der Waals surface area contributed by atoms with E-state index in [1.54, 1.807) is 4.90 Å². The number of carboxylic acids is 1. The molecule has 2 rings (SSSR count). The second kappa shape index (κ2) is 5.16. The van der Waals surface area contributed by atoms with E-state index >= 15 is 0 Å². The van der Waals surface area contributed by atoms with E-state index in [4.69, 9.17) is 5.11 Å². The van der Waals surface area contributed by atoms with Crippen molar-refractivity contribution < 1.29 is 14.7 Å². The lowest BCUT2D eigenvalue weighted by Crippen LogP contribution is -2.54. The summed E-state index contributed by atoms with van der Waals surface area (Å²) in [4.78, 5) is 24.8. The predicted octanol–water partition coefficient (Wildman–Crippen LogP) is 1.68. The number of carbonyl (C=O) groups excluding carboxylic acids is 1. The van der Waals surface area contributed by atoms with Gasteiger partial charge in [0.25, 0.3) is 0 Å². The molecule has 1 aliphatic heterocycles. The van der Waals surface area contributed by atoms with Gasteiger partial charge in [-0.3, -0.25) is 4.79 Å². The fraction of sp³-hybridized carbons (Fsp3) is 0.846. The van der Waals surface area contributed by atoms with E-state index < -0.39 is 5.97 Å². The van der Waals surface area contributed by atoms with E-state index in [-0.39, 0.29) is 18.0 Å². The Morgan fingerprint density at radius 1 is 1.22 bits per heavy atom. The molecule has 2 fully saturated rings. The first kappa shape index (κ1) is 13.2. The third-order valence-electron chi connectivity index (χ3n) is 4.19. The second-order valence-corrected chi connectivity index (χ2v) is 5.82. The number of aliphatic carboxylic acids is 1. The molecule has 0 aromatic carbocycles. The molecule has 1 saturated carbocycles. The van der Waals surface area contributed by atoms with Crippen molar-refractivity contribution in [2.24, 2.45) is 11.8 Å². The Bertz CT molecular complexity index is 339. The Labute approximate surface area is 108 Å². The van der Waals surface area contributed by atoms with E-state index in [2.05, 4.69) is 12.2 Å². The number of rotatable bonds is 2. The molecule has 2 amide bonds.